The van der Waals surface area contributed by atoms with Gasteiger partial charge in [-0.05, 0) is 43.9 Å². The second-order valence-corrected chi connectivity index (χ2v) is 5.93. The van der Waals surface area contributed by atoms with Crippen LogP contribution in [0.4, 0.5) is 0 Å². The number of carboxylic acid groups (broad SMARTS) is 1. The van der Waals surface area contributed by atoms with Gasteiger partial charge in [-0.15, -0.1) is 0 Å². The topological polar surface area (TPSA) is 101 Å². The SMILES string of the molecule is Cc1ccn2c(=O)c(C(=O)N[C@H]3CC[C@@H](C(=O)O)C3)cnc2c1. The molecule has 0 bridgehead atoms. The van der Waals surface area contributed by atoms with Crippen molar-refractivity contribution in [2.45, 2.75) is 32.2 Å². The van der Waals surface area contributed by atoms with Crippen molar-refractivity contribution in [3.63, 3.8) is 0 Å². The van der Waals surface area contributed by atoms with Crippen LogP contribution in [0.5, 0.6) is 0 Å². The lowest BCUT2D eigenvalue weighted by molar-refractivity contribution is -0.141. The summed E-state index contributed by atoms with van der Waals surface area (Å²) in [5.41, 5.74) is 0.989. The molecule has 7 heteroatoms. The molecule has 0 aromatic carbocycles. The monoisotopic (exact) mass is 315 g/mol. The van der Waals surface area contributed by atoms with E-state index in [-0.39, 0.29) is 11.6 Å². The quantitative estimate of drug-likeness (QED) is 0.879. The second kappa shape index (κ2) is 5.83. The number of pyridine rings is 1. The summed E-state index contributed by atoms with van der Waals surface area (Å²) in [6.45, 7) is 1.89. The van der Waals surface area contributed by atoms with Crippen LogP contribution in [-0.4, -0.2) is 32.4 Å². The van der Waals surface area contributed by atoms with Crippen LogP contribution in [-0.2, 0) is 4.79 Å². The van der Waals surface area contributed by atoms with Gasteiger partial charge in [0.1, 0.15) is 11.2 Å². The van der Waals surface area contributed by atoms with E-state index in [9.17, 15) is 14.4 Å². The third-order valence-electron chi connectivity index (χ3n) is 4.23. The minimum Gasteiger partial charge on any atom is -0.481 e. The molecular weight excluding hydrogens is 298 g/mol. The summed E-state index contributed by atoms with van der Waals surface area (Å²) in [6, 6.07) is 3.31. The summed E-state index contributed by atoms with van der Waals surface area (Å²) in [5.74, 6) is -1.78. The van der Waals surface area contributed by atoms with Crippen molar-refractivity contribution in [2.24, 2.45) is 5.92 Å². The zero-order valence-corrected chi connectivity index (χ0v) is 12.7. The van der Waals surface area contributed by atoms with Gasteiger partial charge in [-0.25, -0.2) is 4.98 Å². The Morgan fingerprint density at radius 2 is 2.17 bits per heavy atom. The molecule has 1 fully saturated rings. The molecule has 1 amide bonds. The highest BCUT2D eigenvalue weighted by atomic mass is 16.4. The minimum absolute atomic E-state index is 0.0369. The summed E-state index contributed by atoms with van der Waals surface area (Å²) in [4.78, 5) is 39.8. The van der Waals surface area contributed by atoms with Gasteiger partial charge in [0, 0.05) is 18.4 Å². The number of carbonyl (C=O) groups is 2. The highest BCUT2D eigenvalue weighted by Crippen LogP contribution is 2.25. The Hall–Kier alpha value is -2.70. The van der Waals surface area contributed by atoms with Gasteiger partial charge in [0.15, 0.2) is 0 Å². The fraction of sp³-hybridized carbons (Fsp3) is 0.375. The van der Waals surface area contributed by atoms with Crippen molar-refractivity contribution in [3.8, 4) is 0 Å². The number of nitrogens with zero attached hydrogens (tertiary/aromatic N) is 2. The molecule has 2 atom stereocenters. The molecule has 2 aromatic heterocycles. The van der Waals surface area contributed by atoms with Crippen LogP contribution in [0.2, 0.25) is 0 Å². The van der Waals surface area contributed by atoms with Crippen LogP contribution in [0.1, 0.15) is 35.2 Å². The van der Waals surface area contributed by atoms with Crippen molar-refractivity contribution in [2.75, 3.05) is 0 Å². The number of hydrogen-bond acceptors (Lipinski definition) is 4. The molecule has 0 radical (unpaired) electrons. The van der Waals surface area contributed by atoms with Crippen molar-refractivity contribution in [1.29, 1.82) is 0 Å². The normalized spacial score (nSPS) is 20.6. The van der Waals surface area contributed by atoms with E-state index in [0.29, 0.717) is 24.9 Å². The van der Waals surface area contributed by atoms with E-state index < -0.39 is 23.4 Å². The number of carboxylic acids is 1. The maximum atomic E-state index is 12.4. The predicted molar refractivity (Wildman–Crippen MR) is 82.4 cm³/mol. The molecule has 2 heterocycles. The summed E-state index contributed by atoms with van der Waals surface area (Å²) in [6.07, 6.45) is 4.39. The molecule has 120 valence electrons. The maximum Gasteiger partial charge on any atom is 0.306 e. The van der Waals surface area contributed by atoms with E-state index >= 15 is 0 Å². The van der Waals surface area contributed by atoms with Crippen LogP contribution < -0.4 is 10.9 Å². The molecule has 0 unspecified atom stereocenters. The van der Waals surface area contributed by atoms with Crippen molar-refractivity contribution in [1.82, 2.24) is 14.7 Å². The van der Waals surface area contributed by atoms with E-state index in [1.54, 1.807) is 18.3 Å². The number of carbonyl (C=O) groups excluding carboxylic acids is 1. The average Bonchev–Trinajstić information content (AvgIpc) is 2.96. The first-order valence-corrected chi connectivity index (χ1v) is 7.47. The lowest BCUT2D eigenvalue weighted by Gasteiger charge is -2.12. The molecule has 23 heavy (non-hydrogen) atoms. The molecule has 3 rings (SSSR count). The number of amides is 1. The number of nitrogens with one attached hydrogen (secondary N) is 1. The molecule has 1 aliphatic rings. The number of aliphatic carboxylic acids is 1. The highest BCUT2D eigenvalue weighted by molar-refractivity contribution is 5.94. The molecule has 1 saturated carbocycles. The molecule has 2 N–H and O–H groups in total. The van der Waals surface area contributed by atoms with Crippen molar-refractivity contribution < 1.29 is 14.7 Å². The highest BCUT2D eigenvalue weighted by Gasteiger charge is 2.31. The Kier molecular flexibility index (Phi) is 3.85. The molecule has 0 spiro atoms. The van der Waals surface area contributed by atoms with Crippen LogP contribution in [0.15, 0.2) is 29.3 Å². The maximum absolute atomic E-state index is 12.4. The molecule has 1 aliphatic carbocycles. The van der Waals surface area contributed by atoms with Gasteiger partial charge in [-0.1, -0.05) is 0 Å². The third kappa shape index (κ3) is 2.94. The van der Waals surface area contributed by atoms with Crippen LogP contribution in [0.3, 0.4) is 0 Å². The fourth-order valence-electron chi connectivity index (χ4n) is 2.93. The van der Waals surface area contributed by atoms with E-state index in [1.165, 1.54) is 10.6 Å². The van der Waals surface area contributed by atoms with Gasteiger partial charge < -0.3 is 10.4 Å². The van der Waals surface area contributed by atoms with Crippen LogP contribution in [0.25, 0.3) is 5.65 Å². The molecular formula is C16H17N3O4. The fourth-order valence-corrected chi connectivity index (χ4v) is 2.93. The van der Waals surface area contributed by atoms with Crippen molar-refractivity contribution >= 4 is 17.5 Å². The zero-order valence-electron chi connectivity index (χ0n) is 12.7. The standard InChI is InChI=1S/C16H17N3O4/c1-9-4-5-19-13(6-9)17-8-12(15(19)21)14(20)18-11-3-2-10(7-11)16(22)23/h4-6,8,10-11H,2-3,7H2,1H3,(H,18,20)(H,22,23)/t10-,11+/m1/s1. The summed E-state index contributed by atoms with van der Waals surface area (Å²) in [7, 11) is 0. The number of aromatic nitrogens is 2. The number of rotatable bonds is 3. The second-order valence-electron chi connectivity index (χ2n) is 5.93. The third-order valence-corrected chi connectivity index (χ3v) is 4.23. The molecule has 7 nitrogen and oxygen atoms in total. The van der Waals surface area contributed by atoms with Gasteiger partial charge in [-0.3, -0.25) is 18.8 Å². The first-order valence-electron chi connectivity index (χ1n) is 7.47. The van der Waals surface area contributed by atoms with Gasteiger partial charge in [0.05, 0.1) is 5.92 Å². The van der Waals surface area contributed by atoms with Gasteiger partial charge in [-0.2, -0.15) is 0 Å². The summed E-state index contributed by atoms with van der Waals surface area (Å²) < 4.78 is 1.33. The molecule has 2 aromatic rings. The van der Waals surface area contributed by atoms with E-state index in [4.69, 9.17) is 5.11 Å². The summed E-state index contributed by atoms with van der Waals surface area (Å²) in [5, 5.41) is 11.7. The van der Waals surface area contributed by atoms with Gasteiger partial charge >= 0.3 is 5.97 Å². The predicted octanol–water partition coefficient (Wildman–Crippen LogP) is 0.986. The Morgan fingerprint density at radius 3 is 2.87 bits per heavy atom. The summed E-state index contributed by atoms with van der Waals surface area (Å²) >= 11 is 0. The Labute approximate surface area is 132 Å². The number of aryl methyl sites for hydroxylation is 1. The number of fused-ring (bicyclic) bond motifs is 1. The van der Waals surface area contributed by atoms with Gasteiger partial charge in [0.25, 0.3) is 11.5 Å². The molecule has 0 aliphatic heterocycles. The largest absolute Gasteiger partial charge is 0.481 e. The lowest BCUT2D eigenvalue weighted by atomic mass is 10.1. The lowest BCUT2D eigenvalue weighted by Crippen LogP contribution is -2.37. The minimum atomic E-state index is -0.843. The van der Waals surface area contributed by atoms with E-state index in [0.717, 1.165) is 5.56 Å². The van der Waals surface area contributed by atoms with E-state index in [2.05, 4.69) is 10.3 Å². The van der Waals surface area contributed by atoms with Gasteiger partial charge in [0.2, 0.25) is 0 Å². The first kappa shape index (κ1) is 15.2. The number of hydrogen-bond donors (Lipinski definition) is 2. The van der Waals surface area contributed by atoms with Crippen LogP contribution >= 0.6 is 0 Å². The smallest absolute Gasteiger partial charge is 0.306 e. The molecule has 0 saturated heterocycles. The van der Waals surface area contributed by atoms with E-state index in [1.807, 2.05) is 6.92 Å². The zero-order chi connectivity index (χ0) is 16.6. The van der Waals surface area contributed by atoms with Crippen LogP contribution in [0, 0.1) is 12.8 Å². The Balaban J connectivity index is 1.82. The Bertz CT molecular complexity index is 843. The Morgan fingerprint density at radius 1 is 1.39 bits per heavy atom. The average molecular weight is 315 g/mol. The first-order chi connectivity index (χ1) is 11.0. The van der Waals surface area contributed by atoms with Crippen molar-refractivity contribution in [3.05, 3.63) is 46.0 Å².